The number of thiophene rings is 1. The molecular formula is C12H13BrClN3S. The number of hydrogen-bond acceptors (Lipinski definition) is 4. The van der Waals surface area contributed by atoms with Gasteiger partial charge in [-0.3, -0.25) is 0 Å². The van der Waals surface area contributed by atoms with Gasteiger partial charge in [-0.25, -0.2) is 9.97 Å². The van der Waals surface area contributed by atoms with Crippen LogP contribution < -0.4 is 5.32 Å². The number of nitrogens with zero attached hydrogens (tertiary/aromatic N) is 2. The molecule has 2 heterocycles. The first-order chi connectivity index (χ1) is 8.65. The SMILES string of the molecule is CCNc1nc(-c2ccc(Cl)s2)nc(CC)c1Br. The van der Waals surface area contributed by atoms with Crippen molar-refractivity contribution in [3.05, 3.63) is 26.6 Å². The Kier molecular flexibility index (Phi) is 4.59. The van der Waals surface area contributed by atoms with E-state index in [2.05, 4.69) is 38.1 Å². The zero-order chi connectivity index (χ0) is 13.1. The summed E-state index contributed by atoms with van der Waals surface area (Å²) < 4.78 is 1.69. The molecule has 3 nitrogen and oxygen atoms in total. The first-order valence-corrected chi connectivity index (χ1v) is 7.70. The summed E-state index contributed by atoms with van der Waals surface area (Å²) in [5, 5.41) is 3.24. The lowest BCUT2D eigenvalue weighted by Gasteiger charge is -2.10. The molecule has 0 aliphatic heterocycles. The maximum atomic E-state index is 5.95. The minimum atomic E-state index is 0.725. The van der Waals surface area contributed by atoms with Gasteiger partial charge < -0.3 is 5.32 Å². The van der Waals surface area contributed by atoms with Crippen LogP contribution in [-0.4, -0.2) is 16.5 Å². The molecule has 0 aliphatic rings. The lowest BCUT2D eigenvalue weighted by molar-refractivity contribution is 0.986. The molecule has 0 aliphatic carbocycles. The minimum absolute atomic E-state index is 0.725. The van der Waals surface area contributed by atoms with Gasteiger partial charge in [-0.05, 0) is 41.4 Å². The average Bonchev–Trinajstić information content (AvgIpc) is 2.79. The molecule has 6 heteroatoms. The molecule has 2 rings (SSSR count). The monoisotopic (exact) mass is 345 g/mol. The van der Waals surface area contributed by atoms with E-state index < -0.39 is 0 Å². The van der Waals surface area contributed by atoms with Crippen LogP contribution in [0.3, 0.4) is 0 Å². The maximum Gasteiger partial charge on any atom is 0.171 e. The van der Waals surface area contributed by atoms with E-state index in [-0.39, 0.29) is 0 Å². The van der Waals surface area contributed by atoms with Crippen molar-refractivity contribution in [2.45, 2.75) is 20.3 Å². The molecule has 0 bridgehead atoms. The molecule has 0 amide bonds. The van der Waals surface area contributed by atoms with Crippen LogP contribution in [0.5, 0.6) is 0 Å². The fourth-order valence-electron chi connectivity index (χ4n) is 1.56. The molecule has 2 aromatic heterocycles. The van der Waals surface area contributed by atoms with Crippen molar-refractivity contribution in [2.75, 3.05) is 11.9 Å². The Morgan fingerprint density at radius 2 is 2.11 bits per heavy atom. The van der Waals surface area contributed by atoms with Crippen LogP contribution in [0.1, 0.15) is 19.5 Å². The Morgan fingerprint density at radius 3 is 2.67 bits per heavy atom. The van der Waals surface area contributed by atoms with Crippen molar-refractivity contribution in [3.8, 4) is 10.7 Å². The number of aryl methyl sites for hydroxylation is 1. The lowest BCUT2D eigenvalue weighted by atomic mass is 10.3. The van der Waals surface area contributed by atoms with Crippen LogP contribution in [0.2, 0.25) is 4.34 Å². The predicted molar refractivity (Wildman–Crippen MR) is 81.6 cm³/mol. The van der Waals surface area contributed by atoms with Crippen LogP contribution in [0.25, 0.3) is 10.7 Å². The molecule has 0 radical (unpaired) electrons. The average molecular weight is 347 g/mol. The molecule has 0 atom stereocenters. The van der Waals surface area contributed by atoms with E-state index >= 15 is 0 Å². The third-order valence-electron chi connectivity index (χ3n) is 2.39. The Bertz CT molecular complexity index is 556. The molecule has 0 fully saturated rings. The Balaban J connectivity index is 2.51. The maximum absolute atomic E-state index is 5.95. The number of aromatic nitrogens is 2. The van der Waals surface area contributed by atoms with Crippen LogP contribution in [0, 0.1) is 0 Å². The van der Waals surface area contributed by atoms with Crippen molar-refractivity contribution >= 4 is 44.7 Å². The van der Waals surface area contributed by atoms with Crippen molar-refractivity contribution < 1.29 is 0 Å². The van der Waals surface area contributed by atoms with E-state index in [4.69, 9.17) is 11.6 Å². The highest BCUT2D eigenvalue weighted by molar-refractivity contribution is 9.10. The van der Waals surface area contributed by atoms with Gasteiger partial charge in [-0.1, -0.05) is 18.5 Å². The zero-order valence-corrected chi connectivity index (χ0v) is 13.3. The third-order valence-corrected chi connectivity index (χ3v) is 4.45. The number of hydrogen-bond donors (Lipinski definition) is 1. The van der Waals surface area contributed by atoms with Crippen molar-refractivity contribution in [3.63, 3.8) is 0 Å². The highest BCUT2D eigenvalue weighted by Gasteiger charge is 2.13. The van der Waals surface area contributed by atoms with Gasteiger partial charge in [0.25, 0.3) is 0 Å². The molecule has 18 heavy (non-hydrogen) atoms. The smallest absolute Gasteiger partial charge is 0.171 e. The molecule has 0 saturated carbocycles. The molecule has 96 valence electrons. The predicted octanol–water partition coefficient (Wildman–Crippen LogP) is 4.62. The van der Waals surface area contributed by atoms with Gasteiger partial charge in [0, 0.05) is 6.54 Å². The summed E-state index contributed by atoms with van der Waals surface area (Å²) in [6, 6.07) is 3.82. The van der Waals surface area contributed by atoms with E-state index in [1.165, 1.54) is 11.3 Å². The van der Waals surface area contributed by atoms with E-state index in [9.17, 15) is 0 Å². The zero-order valence-electron chi connectivity index (χ0n) is 10.1. The minimum Gasteiger partial charge on any atom is -0.369 e. The van der Waals surface area contributed by atoms with E-state index in [1.807, 2.05) is 19.1 Å². The summed E-state index contributed by atoms with van der Waals surface area (Å²) in [6.07, 6.45) is 0.855. The number of anilines is 1. The summed E-state index contributed by atoms with van der Waals surface area (Å²) in [4.78, 5) is 10.1. The second-order valence-electron chi connectivity index (χ2n) is 3.64. The summed E-state index contributed by atoms with van der Waals surface area (Å²) in [7, 11) is 0. The number of halogens is 2. The molecule has 2 aromatic rings. The number of nitrogens with one attached hydrogen (secondary N) is 1. The highest BCUT2D eigenvalue weighted by atomic mass is 79.9. The normalized spacial score (nSPS) is 10.7. The van der Waals surface area contributed by atoms with Crippen molar-refractivity contribution in [1.82, 2.24) is 9.97 Å². The quantitative estimate of drug-likeness (QED) is 0.878. The Labute approximate surface area is 124 Å². The van der Waals surface area contributed by atoms with Crippen molar-refractivity contribution in [1.29, 1.82) is 0 Å². The van der Waals surface area contributed by atoms with Crippen LogP contribution >= 0.6 is 38.9 Å². The second-order valence-corrected chi connectivity index (χ2v) is 6.15. The van der Waals surface area contributed by atoms with Gasteiger partial charge in [-0.15, -0.1) is 11.3 Å². The molecule has 0 spiro atoms. The fourth-order valence-corrected chi connectivity index (χ4v) is 3.13. The molecule has 0 unspecified atom stereocenters. The lowest BCUT2D eigenvalue weighted by Crippen LogP contribution is -2.05. The summed E-state index contributed by atoms with van der Waals surface area (Å²) in [5.41, 5.74) is 1.00. The van der Waals surface area contributed by atoms with E-state index in [1.54, 1.807) is 0 Å². The van der Waals surface area contributed by atoms with Crippen LogP contribution in [-0.2, 0) is 6.42 Å². The summed E-state index contributed by atoms with van der Waals surface area (Å²) in [6.45, 7) is 4.94. The topological polar surface area (TPSA) is 37.8 Å². The molecule has 0 saturated heterocycles. The Morgan fingerprint density at radius 1 is 1.33 bits per heavy atom. The van der Waals surface area contributed by atoms with Crippen LogP contribution in [0.4, 0.5) is 5.82 Å². The van der Waals surface area contributed by atoms with E-state index in [0.29, 0.717) is 0 Å². The number of rotatable bonds is 4. The third kappa shape index (κ3) is 2.84. The van der Waals surface area contributed by atoms with Gasteiger partial charge in [0.15, 0.2) is 5.82 Å². The first kappa shape index (κ1) is 13.8. The fraction of sp³-hybridized carbons (Fsp3) is 0.333. The largest absolute Gasteiger partial charge is 0.369 e. The summed E-state index contributed by atoms with van der Waals surface area (Å²) >= 11 is 11.0. The molecular weight excluding hydrogens is 334 g/mol. The van der Waals surface area contributed by atoms with Crippen LogP contribution in [0.15, 0.2) is 16.6 Å². The summed E-state index contributed by atoms with van der Waals surface area (Å²) in [5.74, 6) is 1.56. The first-order valence-electron chi connectivity index (χ1n) is 5.71. The van der Waals surface area contributed by atoms with Gasteiger partial charge in [0.1, 0.15) is 5.82 Å². The van der Waals surface area contributed by atoms with Gasteiger partial charge >= 0.3 is 0 Å². The van der Waals surface area contributed by atoms with E-state index in [0.717, 1.165) is 44.0 Å². The molecule has 1 N–H and O–H groups in total. The standard InChI is InChI=1S/C12H13BrClN3S/c1-3-7-10(13)12(15-4-2)17-11(16-7)8-5-6-9(14)18-8/h5-6H,3-4H2,1-2H3,(H,15,16,17). The van der Waals surface area contributed by atoms with Gasteiger partial charge in [0.2, 0.25) is 0 Å². The Hall–Kier alpha value is -0.650. The van der Waals surface area contributed by atoms with Gasteiger partial charge in [-0.2, -0.15) is 0 Å². The van der Waals surface area contributed by atoms with Crippen molar-refractivity contribution in [2.24, 2.45) is 0 Å². The van der Waals surface area contributed by atoms with Gasteiger partial charge in [0.05, 0.1) is 19.4 Å². The molecule has 0 aromatic carbocycles. The second kappa shape index (κ2) is 5.99. The highest BCUT2D eigenvalue weighted by Crippen LogP contribution is 2.32.